The summed E-state index contributed by atoms with van der Waals surface area (Å²) in [6, 6.07) is 3.71. The molecule has 0 saturated heterocycles. The standard InChI is InChI=1S/C12H17F2N/c1-3-4-5-12(15-2)9-6-10(13)8-11(14)7-9/h6-8,12,15H,3-5H2,1-2H3. The fraction of sp³-hybridized carbons (Fsp3) is 0.500. The van der Waals surface area contributed by atoms with Crippen molar-refractivity contribution in [1.29, 1.82) is 0 Å². The molecule has 1 N–H and O–H groups in total. The molecule has 1 unspecified atom stereocenters. The molecule has 0 aliphatic carbocycles. The van der Waals surface area contributed by atoms with Crippen molar-refractivity contribution < 1.29 is 8.78 Å². The maximum absolute atomic E-state index is 13.0. The summed E-state index contributed by atoms with van der Waals surface area (Å²) in [5.74, 6) is -1.02. The van der Waals surface area contributed by atoms with Gasteiger partial charge in [-0.2, -0.15) is 0 Å². The van der Waals surface area contributed by atoms with Gasteiger partial charge in [0.2, 0.25) is 0 Å². The Morgan fingerprint density at radius 2 is 1.80 bits per heavy atom. The molecule has 0 bridgehead atoms. The first-order valence-corrected chi connectivity index (χ1v) is 5.30. The van der Waals surface area contributed by atoms with Gasteiger partial charge in [-0.1, -0.05) is 19.8 Å². The maximum Gasteiger partial charge on any atom is 0.126 e. The van der Waals surface area contributed by atoms with E-state index in [2.05, 4.69) is 12.2 Å². The van der Waals surface area contributed by atoms with E-state index in [9.17, 15) is 8.78 Å². The topological polar surface area (TPSA) is 12.0 Å². The van der Waals surface area contributed by atoms with Gasteiger partial charge in [0.05, 0.1) is 0 Å². The summed E-state index contributed by atoms with van der Waals surface area (Å²) in [6.07, 6.45) is 3.02. The third kappa shape index (κ3) is 3.59. The monoisotopic (exact) mass is 213 g/mol. The summed E-state index contributed by atoms with van der Waals surface area (Å²) in [6.45, 7) is 2.10. The van der Waals surface area contributed by atoms with Crippen molar-refractivity contribution >= 4 is 0 Å². The Morgan fingerprint density at radius 1 is 1.20 bits per heavy atom. The van der Waals surface area contributed by atoms with Gasteiger partial charge in [0.1, 0.15) is 11.6 Å². The van der Waals surface area contributed by atoms with E-state index in [0.717, 1.165) is 25.3 Å². The Balaban J connectivity index is 2.81. The highest BCUT2D eigenvalue weighted by atomic mass is 19.1. The molecule has 0 spiro atoms. The minimum absolute atomic E-state index is 0.0372. The van der Waals surface area contributed by atoms with Crippen LogP contribution in [-0.2, 0) is 0 Å². The molecule has 1 aromatic carbocycles. The first kappa shape index (κ1) is 12.1. The summed E-state index contributed by atoms with van der Waals surface area (Å²) in [7, 11) is 1.81. The molecule has 0 saturated carbocycles. The second-order valence-electron chi connectivity index (χ2n) is 3.69. The Hall–Kier alpha value is -0.960. The van der Waals surface area contributed by atoms with Crippen LogP contribution in [-0.4, -0.2) is 7.05 Å². The smallest absolute Gasteiger partial charge is 0.126 e. The Labute approximate surface area is 89.5 Å². The quantitative estimate of drug-likeness (QED) is 0.790. The Kier molecular flexibility index (Phi) is 4.69. The highest BCUT2D eigenvalue weighted by Crippen LogP contribution is 2.20. The van der Waals surface area contributed by atoms with Gasteiger partial charge in [-0.3, -0.25) is 0 Å². The van der Waals surface area contributed by atoms with Gasteiger partial charge in [0.15, 0.2) is 0 Å². The van der Waals surface area contributed by atoms with Crippen molar-refractivity contribution in [3.63, 3.8) is 0 Å². The third-order valence-corrected chi connectivity index (χ3v) is 2.48. The number of halogens is 2. The largest absolute Gasteiger partial charge is 0.313 e. The van der Waals surface area contributed by atoms with Crippen LogP contribution in [0.3, 0.4) is 0 Å². The molecule has 0 aliphatic heterocycles. The first-order valence-electron chi connectivity index (χ1n) is 5.30. The molecule has 0 amide bonds. The molecular formula is C12H17F2N. The zero-order chi connectivity index (χ0) is 11.3. The van der Waals surface area contributed by atoms with Gasteiger partial charge in [-0.25, -0.2) is 8.78 Å². The average molecular weight is 213 g/mol. The van der Waals surface area contributed by atoms with E-state index >= 15 is 0 Å². The van der Waals surface area contributed by atoms with Gasteiger partial charge >= 0.3 is 0 Å². The van der Waals surface area contributed by atoms with E-state index in [1.807, 2.05) is 7.05 Å². The first-order chi connectivity index (χ1) is 7.17. The van der Waals surface area contributed by atoms with Crippen molar-refractivity contribution in [2.75, 3.05) is 7.05 Å². The van der Waals surface area contributed by atoms with Crippen LogP contribution < -0.4 is 5.32 Å². The minimum Gasteiger partial charge on any atom is -0.313 e. The molecule has 1 aromatic rings. The summed E-state index contributed by atoms with van der Waals surface area (Å²) in [5, 5.41) is 3.07. The number of hydrogen-bond donors (Lipinski definition) is 1. The van der Waals surface area contributed by atoms with E-state index in [1.54, 1.807) is 0 Å². The van der Waals surface area contributed by atoms with E-state index in [4.69, 9.17) is 0 Å². The fourth-order valence-corrected chi connectivity index (χ4v) is 1.66. The van der Waals surface area contributed by atoms with Gasteiger partial charge < -0.3 is 5.32 Å². The molecule has 0 fully saturated rings. The summed E-state index contributed by atoms with van der Waals surface area (Å²) >= 11 is 0. The SMILES string of the molecule is CCCCC(NC)c1cc(F)cc(F)c1. The number of benzene rings is 1. The lowest BCUT2D eigenvalue weighted by Gasteiger charge is -2.16. The molecule has 3 heteroatoms. The van der Waals surface area contributed by atoms with Crippen molar-refractivity contribution in [2.45, 2.75) is 32.2 Å². The van der Waals surface area contributed by atoms with Gasteiger partial charge in [0.25, 0.3) is 0 Å². The van der Waals surface area contributed by atoms with Crippen LogP contribution in [0.15, 0.2) is 18.2 Å². The predicted octanol–water partition coefficient (Wildman–Crippen LogP) is 3.42. The zero-order valence-corrected chi connectivity index (χ0v) is 9.19. The van der Waals surface area contributed by atoms with Crippen molar-refractivity contribution in [3.8, 4) is 0 Å². The van der Waals surface area contributed by atoms with Crippen molar-refractivity contribution in [1.82, 2.24) is 5.32 Å². The van der Waals surface area contributed by atoms with Crippen molar-refractivity contribution in [3.05, 3.63) is 35.4 Å². The fourth-order valence-electron chi connectivity index (χ4n) is 1.66. The molecule has 1 rings (SSSR count). The van der Waals surface area contributed by atoms with E-state index in [1.165, 1.54) is 12.1 Å². The van der Waals surface area contributed by atoms with Crippen LogP contribution in [0.25, 0.3) is 0 Å². The average Bonchev–Trinajstić information content (AvgIpc) is 2.17. The van der Waals surface area contributed by atoms with Crippen LogP contribution in [0, 0.1) is 11.6 Å². The highest BCUT2D eigenvalue weighted by Gasteiger charge is 2.10. The van der Waals surface area contributed by atoms with Crippen LogP contribution in [0.2, 0.25) is 0 Å². The zero-order valence-electron chi connectivity index (χ0n) is 9.19. The van der Waals surface area contributed by atoms with E-state index < -0.39 is 11.6 Å². The third-order valence-electron chi connectivity index (χ3n) is 2.48. The summed E-state index contributed by atoms with van der Waals surface area (Å²) < 4.78 is 26.0. The molecule has 84 valence electrons. The summed E-state index contributed by atoms with van der Waals surface area (Å²) in [4.78, 5) is 0. The normalized spacial score (nSPS) is 12.8. The molecular weight excluding hydrogens is 196 g/mol. The number of hydrogen-bond acceptors (Lipinski definition) is 1. The lowest BCUT2D eigenvalue weighted by molar-refractivity contribution is 0.510. The maximum atomic E-state index is 13.0. The number of unbranched alkanes of at least 4 members (excludes halogenated alkanes) is 1. The molecule has 0 radical (unpaired) electrons. The molecule has 1 atom stereocenters. The number of nitrogens with one attached hydrogen (secondary N) is 1. The minimum atomic E-state index is -0.512. The molecule has 0 aromatic heterocycles. The molecule has 0 heterocycles. The van der Waals surface area contributed by atoms with Gasteiger partial charge in [0, 0.05) is 12.1 Å². The van der Waals surface area contributed by atoms with Crippen molar-refractivity contribution in [2.24, 2.45) is 0 Å². The van der Waals surface area contributed by atoms with Gasteiger partial charge in [-0.05, 0) is 31.2 Å². The van der Waals surface area contributed by atoms with E-state index in [-0.39, 0.29) is 6.04 Å². The second-order valence-corrected chi connectivity index (χ2v) is 3.69. The van der Waals surface area contributed by atoms with Crippen LogP contribution in [0.5, 0.6) is 0 Å². The van der Waals surface area contributed by atoms with Crippen LogP contribution in [0.4, 0.5) is 8.78 Å². The molecule has 0 aliphatic rings. The lowest BCUT2D eigenvalue weighted by Crippen LogP contribution is -2.16. The summed E-state index contributed by atoms with van der Waals surface area (Å²) in [5.41, 5.74) is 0.684. The molecule has 1 nitrogen and oxygen atoms in total. The predicted molar refractivity (Wildman–Crippen MR) is 57.7 cm³/mol. The highest BCUT2D eigenvalue weighted by molar-refractivity contribution is 5.21. The molecule has 15 heavy (non-hydrogen) atoms. The van der Waals surface area contributed by atoms with Gasteiger partial charge in [-0.15, -0.1) is 0 Å². The van der Waals surface area contributed by atoms with Crippen LogP contribution in [0.1, 0.15) is 37.8 Å². The lowest BCUT2D eigenvalue weighted by atomic mass is 10.0. The van der Waals surface area contributed by atoms with E-state index in [0.29, 0.717) is 5.56 Å². The van der Waals surface area contributed by atoms with Crippen LogP contribution >= 0.6 is 0 Å². The Morgan fingerprint density at radius 3 is 2.27 bits per heavy atom. The number of rotatable bonds is 5. The Bertz CT molecular complexity index is 292. The second kappa shape index (κ2) is 5.81.